The maximum atomic E-state index is 5.81. The van der Waals surface area contributed by atoms with Crippen LogP contribution in [0.1, 0.15) is 5.56 Å². The van der Waals surface area contributed by atoms with Gasteiger partial charge in [-0.3, -0.25) is 14.3 Å². The molecule has 4 heterocycles. The van der Waals surface area contributed by atoms with Crippen LogP contribution in [0.25, 0.3) is 22.3 Å². The zero-order valence-corrected chi connectivity index (χ0v) is 20.3. The number of nitrogens with zero attached hydrogens (tertiary/aromatic N) is 6. The molecule has 3 N–H and O–H groups in total. The van der Waals surface area contributed by atoms with Gasteiger partial charge in [0.15, 0.2) is 11.5 Å². The SMILES string of the molecule is CN=CC(=CN)c1ccc2nc(Nc3ccc(N4CCN(C5COC5)CC4)cc3)c3nccn3c2c1. The molecular weight excluding hydrogens is 452 g/mol. The Morgan fingerprint density at radius 1 is 1.11 bits per heavy atom. The summed E-state index contributed by atoms with van der Waals surface area (Å²) < 4.78 is 7.40. The molecule has 0 aliphatic carbocycles. The number of aromatic nitrogens is 3. The van der Waals surface area contributed by atoms with Crippen molar-refractivity contribution in [2.24, 2.45) is 10.7 Å². The average Bonchev–Trinajstić information content (AvgIpc) is 3.38. The van der Waals surface area contributed by atoms with Crippen LogP contribution in [-0.2, 0) is 4.74 Å². The fraction of sp³-hybridized carbons (Fsp3) is 0.296. The van der Waals surface area contributed by atoms with Crippen molar-refractivity contribution < 1.29 is 4.74 Å². The molecule has 184 valence electrons. The normalized spacial score (nSPS) is 17.8. The van der Waals surface area contributed by atoms with Gasteiger partial charge in [0.25, 0.3) is 0 Å². The van der Waals surface area contributed by atoms with Gasteiger partial charge < -0.3 is 20.7 Å². The molecule has 4 aromatic rings. The monoisotopic (exact) mass is 482 g/mol. The minimum atomic E-state index is 0.614. The lowest BCUT2D eigenvalue weighted by molar-refractivity contribution is -0.0660. The topological polar surface area (TPSA) is 96.3 Å². The summed E-state index contributed by atoms with van der Waals surface area (Å²) in [6, 6.07) is 15.3. The summed E-state index contributed by atoms with van der Waals surface area (Å²) in [7, 11) is 1.73. The highest BCUT2D eigenvalue weighted by atomic mass is 16.5. The van der Waals surface area contributed by atoms with Crippen molar-refractivity contribution in [3.05, 3.63) is 66.6 Å². The molecule has 2 aromatic heterocycles. The predicted molar refractivity (Wildman–Crippen MR) is 145 cm³/mol. The highest BCUT2D eigenvalue weighted by Crippen LogP contribution is 2.27. The van der Waals surface area contributed by atoms with E-state index in [1.165, 1.54) is 5.69 Å². The van der Waals surface area contributed by atoms with Crippen molar-refractivity contribution >= 4 is 45.7 Å². The molecule has 0 spiro atoms. The third kappa shape index (κ3) is 4.16. The summed E-state index contributed by atoms with van der Waals surface area (Å²) in [5.74, 6) is 0.717. The molecule has 2 fully saturated rings. The Morgan fingerprint density at radius 2 is 1.92 bits per heavy atom. The van der Waals surface area contributed by atoms with Crippen LogP contribution in [0.3, 0.4) is 0 Å². The smallest absolute Gasteiger partial charge is 0.180 e. The van der Waals surface area contributed by atoms with Crippen LogP contribution in [0.5, 0.6) is 0 Å². The zero-order valence-electron chi connectivity index (χ0n) is 20.3. The minimum Gasteiger partial charge on any atom is -0.404 e. The third-order valence-corrected chi connectivity index (χ3v) is 7.05. The summed E-state index contributed by atoms with van der Waals surface area (Å²) in [6.07, 6.45) is 7.06. The highest BCUT2D eigenvalue weighted by Gasteiger charge is 2.28. The Bertz CT molecular complexity index is 1430. The number of piperazine rings is 1. The maximum Gasteiger partial charge on any atom is 0.180 e. The van der Waals surface area contributed by atoms with Crippen LogP contribution in [0, 0.1) is 0 Å². The summed E-state index contributed by atoms with van der Waals surface area (Å²) in [6.45, 7) is 6.01. The number of ether oxygens (including phenoxy) is 1. The third-order valence-electron chi connectivity index (χ3n) is 7.05. The van der Waals surface area contributed by atoms with E-state index < -0.39 is 0 Å². The first kappa shape index (κ1) is 22.5. The van der Waals surface area contributed by atoms with Gasteiger partial charge in [0.2, 0.25) is 0 Å². The largest absolute Gasteiger partial charge is 0.404 e. The second kappa shape index (κ2) is 9.60. The molecule has 6 rings (SSSR count). The second-order valence-electron chi connectivity index (χ2n) is 9.18. The molecule has 0 saturated carbocycles. The molecule has 2 saturated heterocycles. The molecular formula is C27H30N8O. The second-order valence-corrected chi connectivity index (χ2v) is 9.18. The number of anilines is 3. The first-order valence-electron chi connectivity index (χ1n) is 12.3. The number of hydrogen-bond acceptors (Lipinski definition) is 8. The molecule has 0 unspecified atom stereocenters. The quantitative estimate of drug-likeness (QED) is 0.408. The molecule has 36 heavy (non-hydrogen) atoms. The number of aliphatic imine (C=N–C) groups is 1. The lowest BCUT2D eigenvalue weighted by Gasteiger charge is -2.43. The average molecular weight is 483 g/mol. The number of hydrogen-bond donors (Lipinski definition) is 2. The van der Waals surface area contributed by atoms with Gasteiger partial charge in [-0.25, -0.2) is 9.97 Å². The van der Waals surface area contributed by atoms with Crippen molar-refractivity contribution in [2.45, 2.75) is 6.04 Å². The van der Waals surface area contributed by atoms with Crippen LogP contribution >= 0.6 is 0 Å². The Morgan fingerprint density at radius 3 is 2.61 bits per heavy atom. The lowest BCUT2D eigenvalue weighted by atomic mass is 10.1. The van der Waals surface area contributed by atoms with E-state index in [0.717, 1.165) is 72.9 Å². The number of fused-ring (bicyclic) bond motifs is 3. The van der Waals surface area contributed by atoms with Gasteiger partial charge >= 0.3 is 0 Å². The summed E-state index contributed by atoms with van der Waals surface area (Å²) in [4.78, 5) is 18.6. The number of imidazole rings is 1. The number of benzene rings is 2. The molecule has 0 radical (unpaired) electrons. The standard InChI is InChI=1S/C27H30N8O/c1-29-16-20(15-28)19-2-7-24-25(14-19)35-9-8-30-27(35)26(32-24)31-21-3-5-22(6-4-21)33-10-12-34(13-11-33)23-17-36-18-23/h2-9,14-16,23H,10-13,17-18,28H2,1H3,(H,31,32). The summed E-state index contributed by atoms with van der Waals surface area (Å²) in [5.41, 5.74) is 12.5. The first-order chi connectivity index (χ1) is 17.7. The van der Waals surface area contributed by atoms with Gasteiger partial charge in [-0.2, -0.15) is 0 Å². The van der Waals surface area contributed by atoms with Crippen molar-refractivity contribution in [3.63, 3.8) is 0 Å². The van der Waals surface area contributed by atoms with Crippen molar-refractivity contribution in [1.29, 1.82) is 0 Å². The van der Waals surface area contributed by atoms with Gasteiger partial charge in [0.1, 0.15) is 0 Å². The van der Waals surface area contributed by atoms with E-state index in [1.807, 2.05) is 22.7 Å². The van der Waals surface area contributed by atoms with Gasteiger partial charge in [-0.1, -0.05) is 6.07 Å². The van der Waals surface area contributed by atoms with E-state index in [9.17, 15) is 0 Å². The molecule has 0 amide bonds. The lowest BCUT2D eigenvalue weighted by Crippen LogP contribution is -2.56. The summed E-state index contributed by atoms with van der Waals surface area (Å²) in [5, 5.41) is 3.47. The van der Waals surface area contributed by atoms with Crippen molar-refractivity contribution in [2.75, 3.05) is 56.7 Å². The van der Waals surface area contributed by atoms with Crippen LogP contribution in [-0.4, -0.2) is 78.0 Å². The van der Waals surface area contributed by atoms with Gasteiger partial charge in [-0.15, -0.1) is 0 Å². The van der Waals surface area contributed by atoms with Gasteiger partial charge in [-0.05, 0) is 42.0 Å². The highest BCUT2D eigenvalue weighted by molar-refractivity contribution is 6.10. The molecule has 2 aromatic carbocycles. The van der Waals surface area contributed by atoms with Crippen LogP contribution in [0.4, 0.5) is 17.2 Å². The predicted octanol–water partition coefficient (Wildman–Crippen LogP) is 3.15. The zero-order chi connectivity index (χ0) is 24.5. The number of allylic oxidation sites excluding steroid dienone is 1. The minimum absolute atomic E-state index is 0.614. The van der Waals surface area contributed by atoms with Crippen molar-refractivity contribution in [3.8, 4) is 0 Å². The van der Waals surface area contributed by atoms with Crippen molar-refractivity contribution in [1.82, 2.24) is 19.3 Å². The van der Waals surface area contributed by atoms with Crippen LogP contribution in [0.15, 0.2) is 66.1 Å². The Hall–Kier alpha value is -3.95. The summed E-state index contributed by atoms with van der Waals surface area (Å²) >= 11 is 0. The molecule has 2 aliphatic rings. The van der Waals surface area contributed by atoms with E-state index in [1.54, 1.807) is 25.7 Å². The van der Waals surface area contributed by atoms with Crippen LogP contribution < -0.4 is 16.0 Å². The Labute approximate surface area is 209 Å². The Balaban J connectivity index is 1.22. The van der Waals surface area contributed by atoms with E-state index in [4.69, 9.17) is 15.5 Å². The first-order valence-corrected chi connectivity index (χ1v) is 12.3. The molecule has 9 nitrogen and oxygen atoms in total. The van der Waals surface area contributed by atoms with Crippen LogP contribution in [0.2, 0.25) is 0 Å². The van der Waals surface area contributed by atoms with E-state index in [0.29, 0.717) is 11.9 Å². The molecule has 0 atom stereocenters. The number of nitrogens with two attached hydrogens (primary N) is 1. The fourth-order valence-corrected chi connectivity index (χ4v) is 4.94. The van der Waals surface area contributed by atoms with Gasteiger partial charge in [0, 0.05) is 75.0 Å². The number of nitrogens with one attached hydrogen (secondary N) is 1. The maximum absolute atomic E-state index is 5.81. The molecule has 9 heteroatoms. The van der Waals surface area contributed by atoms with E-state index in [-0.39, 0.29) is 0 Å². The molecule has 2 aliphatic heterocycles. The molecule has 0 bridgehead atoms. The van der Waals surface area contributed by atoms with E-state index >= 15 is 0 Å². The van der Waals surface area contributed by atoms with Gasteiger partial charge in [0.05, 0.1) is 30.3 Å². The van der Waals surface area contributed by atoms with E-state index in [2.05, 4.69) is 55.4 Å². The number of rotatable bonds is 6. The Kier molecular flexibility index (Phi) is 6.00. The fourth-order valence-electron chi connectivity index (χ4n) is 4.94.